The molecule has 0 aromatic heterocycles. The quantitative estimate of drug-likeness (QED) is 0.741. The van der Waals surface area contributed by atoms with Crippen molar-refractivity contribution < 1.29 is 14.3 Å². The number of Topliss-reactive ketones (excluding diaryl/α,β-unsaturated/α-hetero) is 1. The van der Waals surface area contributed by atoms with E-state index in [0.717, 1.165) is 12.8 Å². The molecule has 4 nitrogen and oxygen atoms in total. The Morgan fingerprint density at radius 2 is 2.06 bits per heavy atom. The third kappa shape index (κ3) is 2.20. The molecular formula is C12H19NO3. The summed E-state index contributed by atoms with van der Waals surface area (Å²) in [4.78, 5) is 23.1. The molecule has 2 saturated carbocycles. The molecule has 0 heterocycles. The van der Waals surface area contributed by atoms with E-state index in [-0.39, 0.29) is 12.0 Å². The zero-order valence-corrected chi connectivity index (χ0v) is 10.1. The first-order valence-corrected chi connectivity index (χ1v) is 5.89. The van der Waals surface area contributed by atoms with Gasteiger partial charge in [-0.3, -0.25) is 4.79 Å². The fourth-order valence-corrected chi connectivity index (χ4v) is 2.74. The van der Waals surface area contributed by atoms with Gasteiger partial charge in [-0.1, -0.05) is 0 Å². The van der Waals surface area contributed by atoms with Crippen LogP contribution in [-0.2, 0) is 9.53 Å². The molecule has 0 radical (unpaired) electrons. The molecule has 0 aliphatic heterocycles. The molecule has 2 fully saturated rings. The maximum Gasteiger partial charge on any atom is 0.407 e. The first-order valence-electron chi connectivity index (χ1n) is 5.89. The third-order valence-corrected chi connectivity index (χ3v) is 3.35. The SMILES string of the molecule is CC(C)(C)OC(=O)N[C@H]1C2CC[C@H]1CC2=O. The Hall–Kier alpha value is -1.06. The van der Waals surface area contributed by atoms with Crippen molar-refractivity contribution in [2.45, 2.75) is 51.7 Å². The summed E-state index contributed by atoms with van der Waals surface area (Å²) in [6, 6.07) is 0.0161. The number of hydrogen-bond donors (Lipinski definition) is 1. The van der Waals surface area contributed by atoms with Crippen LogP contribution in [0.3, 0.4) is 0 Å². The summed E-state index contributed by atoms with van der Waals surface area (Å²) in [6.07, 6.45) is 2.20. The van der Waals surface area contributed by atoms with Gasteiger partial charge < -0.3 is 10.1 Å². The number of fused-ring (bicyclic) bond motifs is 2. The Morgan fingerprint density at radius 3 is 2.50 bits per heavy atom. The van der Waals surface area contributed by atoms with Gasteiger partial charge in [-0.2, -0.15) is 0 Å². The summed E-state index contributed by atoms with van der Waals surface area (Å²) in [5.41, 5.74) is -0.480. The number of ketones is 1. The Bertz CT molecular complexity index is 319. The Morgan fingerprint density at radius 1 is 1.38 bits per heavy atom. The molecule has 90 valence electrons. The first kappa shape index (κ1) is 11.4. The molecule has 0 aromatic rings. The lowest BCUT2D eigenvalue weighted by Crippen LogP contribution is -2.42. The summed E-state index contributed by atoms with van der Waals surface area (Å²) < 4.78 is 5.20. The fraction of sp³-hybridized carbons (Fsp3) is 0.833. The number of nitrogens with one attached hydrogen (secondary N) is 1. The summed E-state index contributed by atoms with van der Waals surface area (Å²) in [7, 11) is 0. The van der Waals surface area contributed by atoms with Crippen LogP contribution in [0.1, 0.15) is 40.0 Å². The molecule has 3 atom stereocenters. The van der Waals surface area contributed by atoms with Gasteiger partial charge in [0.25, 0.3) is 0 Å². The number of carbonyl (C=O) groups excluding carboxylic acids is 2. The molecule has 1 N–H and O–H groups in total. The van der Waals surface area contributed by atoms with Gasteiger partial charge in [0.05, 0.1) is 0 Å². The Labute approximate surface area is 95.7 Å². The topological polar surface area (TPSA) is 55.4 Å². The van der Waals surface area contributed by atoms with Crippen molar-refractivity contribution in [3.8, 4) is 0 Å². The molecule has 1 unspecified atom stereocenters. The van der Waals surface area contributed by atoms with Crippen LogP contribution in [0, 0.1) is 11.8 Å². The first-order chi connectivity index (χ1) is 7.37. The van der Waals surface area contributed by atoms with Crippen molar-refractivity contribution >= 4 is 11.9 Å². The molecule has 2 rings (SSSR count). The molecule has 0 spiro atoms. The lowest BCUT2D eigenvalue weighted by Gasteiger charge is -2.23. The number of alkyl carbamates (subject to hydrolysis) is 1. The van der Waals surface area contributed by atoms with Crippen molar-refractivity contribution in [3.05, 3.63) is 0 Å². The smallest absolute Gasteiger partial charge is 0.407 e. The summed E-state index contributed by atoms with van der Waals surface area (Å²) >= 11 is 0. The van der Waals surface area contributed by atoms with E-state index in [0.29, 0.717) is 18.1 Å². The van der Waals surface area contributed by atoms with Gasteiger partial charge in [0, 0.05) is 18.4 Å². The lowest BCUT2D eigenvalue weighted by molar-refractivity contribution is -0.121. The van der Waals surface area contributed by atoms with E-state index in [1.807, 2.05) is 20.8 Å². The van der Waals surface area contributed by atoms with Crippen molar-refractivity contribution in [1.29, 1.82) is 0 Å². The highest BCUT2D eigenvalue weighted by atomic mass is 16.6. The van der Waals surface area contributed by atoms with Gasteiger partial charge in [-0.15, -0.1) is 0 Å². The number of ether oxygens (including phenoxy) is 1. The average molecular weight is 225 g/mol. The van der Waals surface area contributed by atoms with E-state index in [2.05, 4.69) is 5.32 Å². The second kappa shape index (κ2) is 3.75. The fourth-order valence-electron chi connectivity index (χ4n) is 2.74. The van der Waals surface area contributed by atoms with Gasteiger partial charge >= 0.3 is 6.09 Å². The molecule has 16 heavy (non-hydrogen) atoms. The molecular weight excluding hydrogens is 206 g/mol. The maximum absolute atomic E-state index is 11.6. The van der Waals surface area contributed by atoms with Gasteiger partial charge in [0.2, 0.25) is 0 Å². The van der Waals surface area contributed by atoms with Crippen molar-refractivity contribution in [1.82, 2.24) is 5.32 Å². The van der Waals surface area contributed by atoms with Gasteiger partial charge in [0.1, 0.15) is 11.4 Å². The molecule has 4 heteroatoms. The number of amides is 1. The van der Waals surface area contributed by atoms with E-state index in [9.17, 15) is 9.59 Å². The second-order valence-corrected chi connectivity index (χ2v) is 5.79. The largest absolute Gasteiger partial charge is 0.444 e. The minimum atomic E-state index is -0.480. The molecule has 2 aliphatic carbocycles. The van der Waals surface area contributed by atoms with Crippen LogP contribution < -0.4 is 5.32 Å². The number of rotatable bonds is 1. The highest BCUT2D eigenvalue weighted by Crippen LogP contribution is 2.42. The van der Waals surface area contributed by atoms with E-state index in [4.69, 9.17) is 4.74 Å². The normalized spacial score (nSPS) is 32.9. The van der Waals surface area contributed by atoms with Crippen molar-refractivity contribution in [3.63, 3.8) is 0 Å². The van der Waals surface area contributed by atoms with Crippen LogP contribution in [0.2, 0.25) is 0 Å². The summed E-state index contributed by atoms with van der Waals surface area (Å²) in [5.74, 6) is 0.680. The molecule has 2 bridgehead atoms. The van der Waals surface area contributed by atoms with Crippen LogP contribution in [0.4, 0.5) is 4.79 Å². The molecule has 0 saturated heterocycles. The van der Waals surface area contributed by atoms with Gasteiger partial charge in [-0.25, -0.2) is 4.79 Å². The minimum Gasteiger partial charge on any atom is -0.444 e. The van der Waals surface area contributed by atoms with Crippen LogP contribution >= 0.6 is 0 Å². The monoisotopic (exact) mass is 225 g/mol. The second-order valence-electron chi connectivity index (χ2n) is 5.79. The summed E-state index contributed by atoms with van der Waals surface area (Å²) in [5, 5.41) is 2.85. The standard InChI is InChI=1S/C12H19NO3/c1-12(2,3)16-11(15)13-10-7-4-5-8(10)9(14)6-7/h7-8,10H,4-6H2,1-3H3,(H,13,15)/t7-,8?,10+/m0/s1. The zero-order chi connectivity index (χ0) is 11.9. The van der Waals surface area contributed by atoms with Crippen LogP contribution in [0.25, 0.3) is 0 Å². The van der Waals surface area contributed by atoms with E-state index in [1.54, 1.807) is 0 Å². The van der Waals surface area contributed by atoms with Gasteiger partial charge in [0.15, 0.2) is 0 Å². The van der Waals surface area contributed by atoms with Gasteiger partial charge in [-0.05, 0) is 39.5 Å². The predicted octanol–water partition coefficient (Wildman–Crippen LogP) is 1.88. The Kier molecular flexibility index (Phi) is 2.68. The van der Waals surface area contributed by atoms with Crippen molar-refractivity contribution in [2.24, 2.45) is 11.8 Å². The molecule has 2 aliphatic rings. The average Bonchev–Trinajstić information content (AvgIpc) is 2.57. The van der Waals surface area contributed by atoms with E-state index in [1.165, 1.54) is 0 Å². The van der Waals surface area contributed by atoms with Crippen LogP contribution in [0.5, 0.6) is 0 Å². The van der Waals surface area contributed by atoms with Crippen LogP contribution in [-0.4, -0.2) is 23.5 Å². The lowest BCUT2D eigenvalue weighted by atomic mass is 10.00. The van der Waals surface area contributed by atoms with E-state index < -0.39 is 11.7 Å². The Balaban J connectivity index is 1.91. The van der Waals surface area contributed by atoms with Crippen LogP contribution in [0.15, 0.2) is 0 Å². The maximum atomic E-state index is 11.6. The number of carbonyl (C=O) groups is 2. The highest BCUT2D eigenvalue weighted by Gasteiger charge is 2.48. The molecule has 1 amide bonds. The summed E-state index contributed by atoms with van der Waals surface area (Å²) in [6.45, 7) is 5.50. The van der Waals surface area contributed by atoms with Crippen molar-refractivity contribution in [2.75, 3.05) is 0 Å². The zero-order valence-electron chi connectivity index (χ0n) is 10.1. The van der Waals surface area contributed by atoms with E-state index >= 15 is 0 Å². The minimum absolute atomic E-state index is 0.0161. The molecule has 0 aromatic carbocycles. The highest BCUT2D eigenvalue weighted by molar-refractivity contribution is 5.86. The third-order valence-electron chi connectivity index (χ3n) is 3.35. The number of hydrogen-bond acceptors (Lipinski definition) is 3. The predicted molar refractivity (Wildman–Crippen MR) is 59.0 cm³/mol.